The van der Waals surface area contributed by atoms with E-state index in [2.05, 4.69) is 46.9 Å². The standard InChI is InChI=1S/C30H53NO3/c1-26(2)22-11-16-28(4)23(27(22,3)14-12-24(26)33)18-21(32)25-20(10-15-29(25,28)5)30(6,34)13-7-17-31-19-8-9-19/h19-25,31-34H,7-18H2,1-6H3/t20-,21+,22-,23+,24-,25-,27-,28+,29+,30-/m0/s1. The summed E-state index contributed by atoms with van der Waals surface area (Å²) in [6, 6.07) is 0.721. The highest BCUT2D eigenvalue weighted by Gasteiger charge is 2.71. The normalized spacial score (nSPS) is 51.8. The topological polar surface area (TPSA) is 72.7 Å². The third kappa shape index (κ3) is 3.59. The molecular formula is C30H53NO3. The number of hydrogen-bond donors (Lipinski definition) is 4. The second kappa shape index (κ2) is 8.17. The molecule has 34 heavy (non-hydrogen) atoms. The van der Waals surface area contributed by atoms with E-state index in [4.69, 9.17) is 0 Å². The molecule has 0 aromatic rings. The number of fused-ring (bicyclic) bond motifs is 5. The van der Waals surface area contributed by atoms with Crippen molar-refractivity contribution in [3.05, 3.63) is 0 Å². The molecule has 196 valence electrons. The lowest BCUT2D eigenvalue weighted by Gasteiger charge is -2.70. The van der Waals surface area contributed by atoms with Crippen molar-refractivity contribution in [3.63, 3.8) is 0 Å². The summed E-state index contributed by atoms with van der Waals surface area (Å²) in [4.78, 5) is 0. The molecule has 0 radical (unpaired) electrons. The molecule has 0 amide bonds. The smallest absolute Gasteiger partial charge is 0.0652 e. The SMILES string of the molecule is CC1(C)[C@@H](O)CC[C@]2(C)[C@H]3C[C@@H](O)[C@@H]4[C@@H]([C@@](C)(O)CCCNC5CC5)CC[C@@]4(C)[C@]3(C)CC[C@@H]12. The van der Waals surface area contributed by atoms with Crippen molar-refractivity contribution in [2.24, 2.45) is 45.3 Å². The number of aliphatic hydroxyl groups is 3. The molecule has 0 aromatic heterocycles. The minimum absolute atomic E-state index is 0.0600. The molecule has 4 nitrogen and oxygen atoms in total. The second-order valence-electron chi connectivity index (χ2n) is 15.0. The van der Waals surface area contributed by atoms with Crippen molar-refractivity contribution >= 4 is 0 Å². The number of hydrogen-bond acceptors (Lipinski definition) is 4. The van der Waals surface area contributed by atoms with Gasteiger partial charge < -0.3 is 20.6 Å². The fourth-order valence-electron chi connectivity index (χ4n) is 10.7. The monoisotopic (exact) mass is 475 g/mol. The lowest BCUT2D eigenvalue weighted by atomic mass is 9.35. The molecule has 4 heteroatoms. The van der Waals surface area contributed by atoms with E-state index in [-0.39, 0.29) is 45.7 Å². The highest BCUT2D eigenvalue weighted by molar-refractivity contribution is 5.19. The van der Waals surface area contributed by atoms with Gasteiger partial charge >= 0.3 is 0 Å². The van der Waals surface area contributed by atoms with Crippen LogP contribution >= 0.6 is 0 Å². The quantitative estimate of drug-likeness (QED) is 0.394. The fraction of sp³-hybridized carbons (Fsp3) is 1.00. The first-order chi connectivity index (χ1) is 15.8. The summed E-state index contributed by atoms with van der Waals surface area (Å²) in [6.07, 6.45) is 11.2. The van der Waals surface area contributed by atoms with Gasteiger partial charge in [-0.2, -0.15) is 0 Å². The molecule has 0 heterocycles. The van der Waals surface area contributed by atoms with Gasteiger partial charge in [0.15, 0.2) is 0 Å². The lowest BCUT2D eigenvalue weighted by Crippen LogP contribution is -2.66. The molecule has 0 unspecified atom stereocenters. The largest absolute Gasteiger partial charge is 0.393 e. The van der Waals surface area contributed by atoms with Gasteiger partial charge in [-0.25, -0.2) is 0 Å². The zero-order valence-electron chi connectivity index (χ0n) is 22.9. The summed E-state index contributed by atoms with van der Waals surface area (Å²) in [7, 11) is 0. The first-order valence-corrected chi connectivity index (χ1v) is 14.6. The van der Waals surface area contributed by atoms with Crippen LogP contribution in [0, 0.1) is 45.3 Å². The molecule has 0 aliphatic heterocycles. The van der Waals surface area contributed by atoms with Gasteiger partial charge in [0.2, 0.25) is 0 Å². The zero-order valence-corrected chi connectivity index (χ0v) is 22.9. The van der Waals surface area contributed by atoms with Crippen LogP contribution < -0.4 is 5.32 Å². The minimum Gasteiger partial charge on any atom is -0.393 e. The predicted molar refractivity (Wildman–Crippen MR) is 137 cm³/mol. The van der Waals surface area contributed by atoms with Gasteiger partial charge in [-0.15, -0.1) is 0 Å². The molecule has 0 saturated heterocycles. The van der Waals surface area contributed by atoms with Gasteiger partial charge in [0.1, 0.15) is 0 Å². The number of nitrogens with one attached hydrogen (secondary N) is 1. The average Bonchev–Trinajstić information content (AvgIpc) is 3.50. The molecule has 5 saturated carbocycles. The molecule has 5 fully saturated rings. The molecule has 5 rings (SSSR count). The van der Waals surface area contributed by atoms with Crippen LogP contribution in [0.15, 0.2) is 0 Å². The molecule has 0 aromatic carbocycles. The summed E-state index contributed by atoms with van der Waals surface area (Å²) in [5.41, 5.74) is -0.369. The molecule has 5 aliphatic carbocycles. The first kappa shape index (κ1) is 25.5. The summed E-state index contributed by atoms with van der Waals surface area (Å²) >= 11 is 0. The summed E-state index contributed by atoms with van der Waals surface area (Å²) in [6.45, 7) is 15.2. The summed E-state index contributed by atoms with van der Waals surface area (Å²) < 4.78 is 0. The molecule has 0 bridgehead atoms. The molecule has 4 N–H and O–H groups in total. The van der Waals surface area contributed by atoms with Crippen LogP contribution in [0.2, 0.25) is 0 Å². The first-order valence-electron chi connectivity index (χ1n) is 14.6. The van der Waals surface area contributed by atoms with E-state index in [1.807, 2.05) is 0 Å². The Bertz CT molecular complexity index is 777. The Labute approximate surface area is 208 Å². The Balaban J connectivity index is 1.39. The maximum atomic E-state index is 11.8. The minimum atomic E-state index is -0.712. The number of aliphatic hydroxyl groups excluding tert-OH is 2. The lowest BCUT2D eigenvalue weighted by molar-refractivity contribution is -0.246. The molecule has 0 spiro atoms. The fourth-order valence-corrected chi connectivity index (χ4v) is 10.7. The zero-order chi connectivity index (χ0) is 24.7. The van der Waals surface area contributed by atoms with Gasteiger partial charge in [-0.1, -0.05) is 34.6 Å². The Morgan fingerprint density at radius 3 is 2.21 bits per heavy atom. The van der Waals surface area contributed by atoms with Crippen molar-refractivity contribution in [2.45, 2.75) is 136 Å². The van der Waals surface area contributed by atoms with Crippen LogP contribution in [-0.4, -0.2) is 45.7 Å². The molecular weight excluding hydrogens is 422 g/mol. The van der Waals surface area contributed by atoms with E-state index in [0.717, 1.165) is 57.5 Å². The van der Waals surface area contributed by atoms with Crippen LogP contribution in [0.3, 0.4) is 0 Å². The number of rotatable bonds is 6. The van der Waals surface area contributed by atoms with Gasteiger partial charge in [0.25, 0.3) is 0 Å². The van der Waals surface area contributed by atoms with Crippen molar-refractivity contribution in [1.82, 2.24) is 5.32 Å². The third-order valence-corrected chi connectivity index (χ3v) is 13.0. The predicted octanol–water partition coefficient (Wildman–Crippen LogP) is 5.29. The van der Waals surface area contributed by atoms with Crippen molar-refractivity contribution in [2.75, 3.05) is 6.54 Å². The van der Waals surface area contributed by atoms with E-state index in [1.54, 1.807) is 0 Å². The van der Waals surface area contributed by atoms with Crippen molar-refractivity contribution < 1.29 is 15.3 Å². The van der Waals surface area contributed by atoms with Crippen LogP contribution in [0.1, 0.15) is 112 Å². The third-order valence-electron chi connectivity index (χ3n) is 13.0. The van der Waals surface area contributed by atoms with Gasteiger partial charge in [-0.3, -0.25) is 0 Å². The van der Waals surface area contributed by atoms with Gasteiger partial charge in [-0.05, 0) is 129 Å². The Morgan fingerprint density at radius 2 is 1.53 bits per heavy atom. The molecule has 5 aliphatic rings. The van der Waals surface area contributed by atoms with E-state index in [0.29, 0.717) is 11.8 Å². The highest BCUT2D eigenvalue weighted by Crippen LogP contribution is 2.75. The molecule has 10 atom stereocenters. The maximum absolute atomic E-state index is 11.8. The summed E-state index contributed by atoms with van der Waals surface area (Å²) in [5.74, 6) is 1.35. The average molecular weight is 476 g/mol. The van der Waals surface area contributed by atoms with Gasteiger partial charge in [0.05, 0.1) is 17.8 Å². The van der Waals surface area contributed by atoms with Crippen LogP contribution in [0.5, 0.6) is 0 Å². The van der Waals surface area contributed by atoms with Crippen molar-refractivity contribution in [1.29, 1.82) is 0 Å². The van der Waals surface area contributed by atoms with Crippen LogP contribution in [0.25, 0.3) is 0 Å². The maximum Gasteiger partial charge on any atom is 0.0652 e. The van der Waals surface area contributed by atoms with E-state index >= 15 is 0 Å². The highest BCUT2D eigenvalue weighted by atomic mass is 16.3. The Morgan fingerprint density at radius 1 is 0.853 bits per heavy atom. The van der Waals surface area contributed by atoms with E-state index in [9.17, 15) is 15.3 Å². The Hall–Kier alpha value is -0.160. The van der Waals surface area contributed by atoms with E-state index < -0.39 is 5.60 Å². The second-order valence-corrected chi connectivity index (χ2v) is 15.0. The Kier molecular flexibility index (Phi) is 6.12. The van der Waals surface area contributed by atoms with E-state index in [1.165, 1.54) is 25.7 Å². The van der Waals surface area contributed by atoms with Crippen LogP contribution in [0.4, 0.5) is 0 Å². The van der Waals surface area contributed by atoms with Crippen LogP contribution in [-0.2, 0) is 0 Å². The van der Waals surface area contributed by atoms with Crippen molar-refractivity contribution in [3.8, 4) is 0 Å². The van der Waals surface area contributed by atoms with Gasteiger partial charge in [0, 0.05) is 6.04 Å². The summed E-state index contributed by atoms with van der Waals surface area (Å²) in [5, 5.41) is 38.0.